The van der Waals surface area contributed by atoms with Crippen LogP contribution in [0.15, 0.2) is 30.3 Å². The lowest BCUT2D eigenvalue weighted by Gasteiger charge is -1.96. The van der Waals surface area contributed by atoms with Crippen LogP contribution in [0.5, 0.6) is 0 Å². The van der Waals surface area contributed by atoms with Crippen LogP contribution in [0.4, 0.5) is 5.00 Å². The highest BCUT2D eigenvalue weighted by Gasteiger charge is 2.09. The van der Waals surface area contributed by atoms with Crippen molar-refractivity contribution < 1.29 is 4.79 Å². The largest absolute Gasteiger partial charge is 0.316 e. The number of thiazole rings is 1. The van der Waals surface area contributed by atoms with Gasteiger partial charge in [0.25, 0.3) is 0 Å². The molecule has 0 radical (unpaired) electrons. The van der Waals surface area contributed by atoms with Crippen LogP contribution in [0.1, 0.15) is 12.6 Å². The van der Waals surface area contributed by atoms with Gasteiger partial charge in [0.15, 0.2) is 0 Å². The van der Waals surface area contributed by atoms with E-state index in [-0.39, 0.29) is 5.91 Å². The van der Waals surface area contributed by atoms with Gasteiger partial charge in [-0.05, 0) is 6.92 Å². The van der Waals surface area contributed by atoms with Gasteiger partial charge in [-0.15, -0.1) is 0 Å². The predicted molar refractivity (Wildman–Crippen MR) is 66.6 cm³/mol. The molecule has 0 atom stereocenters. The summed E-state index contributed by atoms with van der Waals surface area (Å²) in [5.74, 6) is -0.0636. The van der Waals surface area contributed by atoms with Gasteiger partial charge in [0.05, 0.1) is 5.69 Å². The first kappa shape index (κ1) is 10.8. The summed E-state index contributed by atoms with van der Waals surface area (Å²) in [5, 5.41) is 4.54. The van der Waals surface area contributed by atoms with Gasteiger partial charge in [-0.25, -0.2) is 4.98 Å². The molecule has 2 aromatic rings. The molecular weight excluding hydrogens is 220 g/mol. The Morgan fingerprint density at radius 3 is 2.62 bits per heavy atom. The molecule has 0 fully saturated rings. The molecule has 0 saturated carbocycles. The number of rotatable bonds is 2. The number of nitrogens with one attached hydrogen (secondary N) is 1. The molecule has 0 aliphatic heterocycles. The molecule has 82 valence electrons. The van der Waals surface area contributed by atoms with Crippen molar-refractivity contribution in [3.05, 3.63) is 36.0 Å². The fraction of sp³-hybridized carbons (Fsp3) is 0.167. The smallest absolute Gasteiger partial charge is 0.221 e. The maximum Gasteiger partial charge on any atom is 0.221 e. The monoisotopic (exact) mass is 232 g/mol. The number of nitrogens with zero attached hydrogens (tertiary/aromatic N) is 1. The van der Waals surface area contributed by atoms with Crippen molar-refractivity contribution in [1.82, 2.24) is 4.98 Å². The molecule has 1 aromatic carbocycles. The van der Waals surface area contributed by atoms with Crippen LogP contribution < -0.4 is 5.32 Å². The highest BCUT2D eigenvalue weighted by Crippen LogP contribution is 2.31. The van der Waals surface area contributed by atoms with E-state index in [0.29, 0.717) is 0 Å². The molecule has 1 heterocycles. The van der Waals surface area contributed by atoms with E-state index >= 15 is 0 Å². The normalized spacial score (nSPS) is 10.1. The second kappa shape index (κ2) is 4.45. The van der Waals surface area contributed by atoms with Crippen molar-refractivity contribution in [1.29, 1.82) is 0 Å². The summed E-state index contributed by atoms with van der Waals surface area (Å²) in [5.41, 5.74) is 1.94. The van der Waals surface area contributed by atoms with Crippen LogP contribution in [0.3, 0.4) is 0 Å². The molecule has 0 unspecified atom stereocenters. The van der Waals surface area contributed by atoms with Gasteiger partial charge in [-0.1, -0.05) is 41.7 Å². The first-order valence-electron chi connectivity index (χ1n) is 4.97. The number of amides is 1. The molecule has 1 aromatic heterocycles. The highest BCUT2D eigenvalue weighted by molar-refractivity contribution is 7.19. The number of benzene rings is 1. The van der Waals surface area contributed by atoms with Crippen molar-refractivity contribution in [2.24, 2.45) is 0 Å². The van der Waals surface area contributed by atoms with Gasteiger partial charge >= 0.3 is 0 Å². The lowest BCUT2D eigenvalue weighted by molar-refractivity contribution is -0.114. The Labute approximate surface area is 98.2 Å². The number of carbonyl (C=O) groups is 1. The van der Waals surface area contributed by atoms with Crippen molar-refractivity contribution >= 4 is 22.2 Å². The third kappa shape index (κ3) is 2.28. The zero-order valence-electron chi connectivity index (χ0n) is 9.15. The van der Waals surface area contributed by atoms with Crippen LogP contribution in [0.25, 0.3) is 10.6 Å². The number of hydrogen-bond acceptors (Lipinski definition) is 3. The van der Waals surface area contributed by atoms with Crippen LogP contribution in [-0.4, -0.2) is 10.9 Å². The number of carbonyl (C=O) groups excluding carboxylic acids is 1. The molecule has 16 heavy (non-hydrogen) atoms. The highest BCUT2D eigenvalue weighted by atomic mass is 32.1. The third-order valence-electron chi connectivity index (χ3n) is 2.11. The zero-order valence-corrected chi connectivity index (χ0v) is 9.97. The van der Waals surface area contributed by atoms with Crippen LogP contribution in [0, 0.1) is 6.92 Å². The van der Waals surface area contributed by atoms with Crippen molar-refractivity contribution in [3.8, 4) is 10.6 Å². The minimum Gasteiger partial charge on any atom is -0.316 e. The lowest BCUT2D eigenvalue weighted by Crippen LogP contribution is -2.04. The summed E-state index contributed by atoms with van der Waals surface area (Å²) in [7, 11) is 0. The predicted octanol–water partition coefficient (Wildman–Crippen LogP) is 3.08. The quantitative estimate of drug-likeness (QED) is 0.864. The first-order chi connectivity index (χ1) is 7.66. The van der Waals surface area contributed by atoms with Gasteiger partial charge in [0.2, 0.25) is 5.91 Å². The average molecular weight is 232 g/mol. The molecular formula is C12H12N2OS. The summed E-state index contributed by atoms with van der Waals surface area (Å²) in [4.78, 5) is 15.4. The fourth-order valence-corrected chi connectivity index (χ4v) is 2.39. The Kier molecular flexibility index (Phi) is 3.01. The van der Waals surface area contributed by atoms with Crippen molar-refractivity contribution in [2.45, 2.75) is 13.8 Å². The van der Waals surface area contributed by atoms with Gasteiger partial charge in [-0.2, -0.15) is 0 Å². The maximum absolute atomic E-state index is 11.0. The van der Waals surface area contributed by atoms with E-state index in [1.54, 1.807) is 0 Å². The SMILES string of the molecule is CC(=O)Nc1sc(-c2ccccc2)nc1C. The van der Waals surface area contributed by atoms with E-state index in [4.69, 9.17) is 0 Å². The minimum atomic E-state index is -0.0636. The van der Waals surface area contributed by atoms with E-state index in [9.17, 15) is 4.79 Å². The minimum absolute atomic E-state index is 0.0636. The van der Waals surface area contributed by atoms with Crippen molar-refractivity contribution in [3.63, 3.8) is 0 Å². The summed E-state index contributed by atoms with van der Waals surface area (Å²) >= 11 is 1.50. The van der Waals surface area contributed by atoms with E-state index < -0.39 is 0 Å². The van der Waals surface area contributed by atoms with Crippen LogP contribution >= 0.6 is 11.3 Å². The summed E-state index contributed by atoms with van der Waals surface area (Å²) in [6.45, 7) is 3.40. The number of anilines is 1. The lowest BCUT2D eigenvalue weighted by atomic mass is 10.2. The van der Waals surface area contributed by atoms with Crippen LogP contribution in [0.2, 0.25) is 0 Å². The third-order valence-corrected chi connectivity index (χ3v) is 3.23. The number of hydrogen-bond donors (Lipinski definition) is 1. The molecule has 3 nitrogen and oxygen atoms in total. The Bertz CT molecular complexity index is 505. The van der Waals surface area contributed by atoms with Crippen LogP contribution in [-0.2, 0) is 4.79 Å². The summed E-state index contributed by atoms with van der Waals surface area (Å²) in [6, 6.07) is 9.94. The standard InChI is InChI=1S/C12H12N2OS/c1-8-11(14-9(2)15)16-12(13-8)10-6-4-3-5-7-10/h3-7H,1-2H3,(H,14,15). The second-order valence-corrected chi connectivity index (χ2v) is 4.48. The Balaban J connectivity index is 2.34. The van der Waals surface area contributed by atoms with E-state index in [0.717, 1.165) is 21.3 Å². The molecule has 0 aliphatic rings. The number of aryl methyl sites for hydroxylation is 1. The zero-order chi connectivity index (χ0) is 11.5. The molecule has 2 rings (SSSR count). The molecule has 1 amide bonds. The molecule has 1 N–H and O–H groups in total. The van der Waals surface area contributed by atoms with Gasteiger partial charge in [0.1, 0.15) is 10.0 Å². The second-order valence-electron chi connectivity index (χ2n) is 3.48. The first-order valence-corrected chi connectivity index (χ1v) is 5.79. The van der Waals surface area contributed by atoms with Crippen molar-refractivity contribution in [2.75, 3.05) is 5.32 Å². The summed E-state index contributed by atoms with van der Waals surface area (Å²) in [6.07, 6.45) is 0. The Morgan fingerprint density at radius 2 is 2.00 bits per heavy atom. The number of aromatic nitrogens is 1. The van der Waals surface area contributed by atoms with E-state index in [1.165, 1.54) is 18.3 Å². The topological polar surface area (TPSA) is 42.0 Å². The summed E-state index contributed by atoms with van der Waals surface area (Å²) < 4.78 is 0. The molecule has 0 saturated heterocycles. The molecule has 0 spiro atoms. The van der Waals surface area contributed by atoms with E-state index in [1.807, 2.05) is 37.3 Å². The maximum atomic E-state index is 11.0. The van der Waals surface area contributed by atoms with Gasteiger partial charge in [-0.3, -0.25) is 4.79 Å². The van der Waals surface area contributed by atoms with Gasteiger partial charge in [0, 0.05) is 12.5 Å². The molecule has 4 heteroatoms. The Morgan fingerprint density at radius 1 is 1.31 bits per heavy atom. The Hall–Kier alpha value is -1.68. The average Bonchev–Trinajstić information content (AvgIpc) is 2.61. The molecule has 0 aliphatic carbocycles. The fourth-order valence-electron chi connectivity index (χ4n) is 1.38. The molecule has 0 bridgehead atoms. The van der Waals surface area contributed by atoms with E-state index in [2.05, 4.69) is 10.3 Å². The van der Waals surface area contributed by atoms with Gasteiger partial charge < -0.3 is 5.32 Å².